The molecule has 1 aliphatic rings. The van der Waals surface area contributed by atoms with Crippen LogP contribution in [0, 0.1) is 17.2 Å². The molecule has 0 radical (unpaired) electrons. The summed E-state index contributed by atoms with van der Waals surface area (Å²) >= 11 is 0. The molecule has 0 aliphatic carbocycles. The summed E-state index contributed by atoms with van der Waals surface area (Å²) < 4.78 is 5.42. The molecule has 8 nitrogen and oxygen atoms in total. The molecule has 0 saturated carbocycles. The van der Waals surface area contributed by atoms with Gasteiger partial charge in [-0.1, -0.05) is 44.2 Å². The monoisotopic (exact) mass is 416 g/mol. The van der Waals surface area contributed by atoms with Crippen LogP contribution in [0.25, 0.3) is 0 Å². The fraction of sp³-hybridized carbons (Fsp3) is 0.591. The second-order valence-corrected chi connectivity index (χ2v) is 8.32. The second-order valence-electron chi connectivity index (χ2n) is 8.32. The van der Waals surface area contributed by atoms with Crippen LogP contribution in [-0.2, 0) is 16.1 Å². The number of carbonyl (C=O) groups is 2. The highest BCUT2D eigenvalue weighted by atomic mass is 16.6. The lowest BCUT2D eigenvalue weighted by Crippen LogP contribution is -2.60. The number of benzene rings is 1. The third-order valence-corrected chi connectivity index (χ3v) is 5.39. The predicted octanol–water partition coefficient (Wildman–Crippen LogP) is 1.79. The summed E-state index contributed by atoms with van der Waals surface area (Å²) in [4.78, 5) is 27.2. The molecule has 0 bridgehead atoms. The fourth-order valence-corrected chi connectivity index (χ4v) is 3.55. The van der Waals surface area contributed by atoms with Crippen LogP contribution in [0.2, 0.25) is 0 Å². The second kappa shape index (κ2) is 11.0. The Hall–Kier alpha value is -2.63. The van der Waals surface area contributed by atoms with Crippen LogP contribution < -0.4 is 10.6 Å². The highest BCUT2D eigenvalue weighted by Crippen LogP contribution is 2.26. The molecule has 164 valence electrons. The molecule has 1 aliphatic heterocycles. The molecule has 1 saturated heterocycles. The minimum Gasteiger partial charge on any atom is -0.436 e. The Labute approximate surface area is 178 Å². The molecule has 3 atom stereocenters. The molecular formula is C22H32N4O4. The molecule has 30 heavy (non-hydrogen) atoms. The lowest BCUT2D eigenvalue weighted by molar-refractivity contribution is -0.132. The minimum atomic E-state index is -1.09. The zero-order valence-electron chi connectivity index (χ0n) is 17.9. The molecule has 3 N–H and O–H groups in total. The number of alkyl carbamates (subject to hydrolysis) is 1. The number of likely N-dealkylation sites (tertiary alicyclic amines) is 1. The third kappa shape index (κ3) is 6.71. The highest BCUT2D eigenvalue weighted by Gasteiger charge is 2.41. The highest BCUT2D eigenvalue weighted by molar-refractivity contribution is 5.84. The van der Waals surface area contributed by atoms with Crippen LogP contribution in [0.4, 0.5) is 4.79 Å². The number of amides is 2. The number of aliphatic hydroxyl groups excluding tert-OH is 1. The Kier molecular flexibility index (Phi) is 8.63. The maximum absolute atomic E-state index is 13.0. The summed E-state index contributed by atoms with van der Waals surface area (Å²) in [6, 6.07) is 11.4. The number of rotatable bonds is 8. The van der Waals surface area contributed by atoms with Crippen LogP contribution >= 0.6 is 0 Å². The number of carbonyl (C=O) groups excluding carboxylic acids is 2. The van der Waals surface area contributed by atoms with E-state index in [4.69, 9.17) is 4.74 Å². The van der Waals surface area contributed by atoms with Crippen LogP contribution in [0.1, 0.15) is 38.7 Å². The Morgan fingerprint density at radius 2 is 2.07 bits per heavy atom. The van der Waals surface area contributed by atoms with Gasteiger partial charge in [-0.15, -0.1) is 0 Å². The number of ether oxygens (including phenoxy) is 1. The number of aliphatic hydroxyl groups is 1. The molecule has 1 aromatic carbocycles. The molecule has 0 aromatic heterocycles. The molecule has 1 fully saturated rings. The van der Waals surface area contributed by atoms with Crippen molar-refractivity contribution in [3.05, 3.63) is 35.9 Å². The SMILES string of the molecule is CC(C)C[C@H](OC(=O)NCc1ccccc1)C(=O)NC1(C#N)CCN(C)C(CO)C1. The van der Waals surface area contributed by atoms with Crippen LogP contribution in [0.3, 0.4) is 0 Å². The Morgan fingerprint density at radius 1 is 1.37 bits per heavy atom. The van der Waals surface area contributed by atoms with Gasteiger partial charge in [-0.3, -0.25) is 4.79 Å². The van der Waals surface area contributed by atoms with Crippen molar-refractivity contribution >= 4 is 12.0 Å². The van der Waals surface area contributed by atoms with Crippen molar-refractivity contribution in [2.24, 2.45) is 5.92 Å². The van der Waals surface area contributed by atoms with Gasteiger partial charge in [0.15, 0.2) is 6.10 Å². The van der Waals surface area contributed by atoms with Gasteiger partial charge in [0, 0.05) is 25.6 Å². The lowest BCUT2D eigenvalue weighted by atomic mass is 9.84. The average molecular weight is 417 g/mol. The van der Waals surface area contributed by atoms with Crippen molar-refractivity contribution in [1.82, 2.24) is 15.5 Å². The Morgan fingerprint density at radius 3 is 2.67 bits per heavy atom. The van der Waals surface area contributed by atoms with Gasteiger partial charge in [0.1, 0.15) is 5.54 Å². The topological polar surface area (TPSA) is 115 Å². The van der Waals surface area contributed by atoms with E-state index in [0.717, 1.165) is 5.56 Å². The lowest BCUT2D eigenvalue weighted by Gasteiger charge is -2.41. The maximum Gasteiger partial charge on any atom is 0.408 e. The van der Waals surface area contributed by atoms with E-state index in [9.17, 15) is 20.0 Å². The number of piperidine rings is 1. The van der Waals surface area contributed by atoms with E-state index in [0.29, 0.717) is 32.4 Å². The standard InChI is InChI=1S/C22H32N4O4/c1-16(2)11-19(30-21(29)24-13-17-7-5-4-6-8-17)20(28)25-22(15-23)9-10-26(3)18(12-22)14-27/h4-8,16,18-19,27H,9-14H2,1-3H3,(H,24,29)(H,25,28)/t18?,19-,22?/m0/s1. The molecule has 2 amide bonds. The summed E-state index contributed by atoms with van der Waals surface area (Å²) in [5, 5.41) is 24.8. The predicted molar refractivity (Wildman–Crippen MR) is 112 cm³/mol. The van der Waals surface area contributed by atoms with Crippen molar-refractivity contribution in [3.63, 3.8) is 0 Å². The third-order valence-electron chi connectivity index (χ3n) is 5.39. The molecule has 8 heteroatoms. The van der Waals surface area contributed by atoms with Gasteiger partial charge >= 0.3 is 6.09 Å². The molecule has 0 spiro atoms. The van der Waals surface area contributed by atoms with Crippen molar-refractivity contribution in [3.8, 4) is 6.07 Å². The normalized spacial score (nSPS) is 22.7. The van der Waals surface area contributed by atoms with E-state index in [1.807, 2.05) is 56.1 Å². The average Bonchev–Trinajstić information content (AvgIpc) is 2.73. The van der Waals surface area contributed by atoms with Gasteiger partial charge in [-0.25, -0.2) is 4.79 Å². The molecular weight excluding hydrogens is 384 g/mol. The van der Waals surface area contributed by atoms with Gasteiger partial charge in [0.05, 0.1) is 12.7 Å². The summed E-state index contributed by atoms with van der Waals surface area (Å²) in [6.45, 7) is 4.64. The van der Waals surface area contributed by atoms with Crippen molar-refractivity contribution < 1.29 is 19.4 Å². The largest absolute Gasteiger partial charge is 0.436 e. The first-order chi connectivity index (χ1) is 14.3. The first-order valence-corrected chi connectivity index (χ1v) is 10.3. The zero-order valence-corrected chi connectivity index (χ0v) is 17.9. The van der Waals surface area contributed by atoms with Gasteiger partial charge in [-0.2, -0.15) is 5.26 Å². The number of nitrogens with zero attached hydrogens (tertiary/aromatic N) is 2. The van der Waals surface area contributed by atoms with Crippen molar-refractivity contribution in [1.29, 1.82) is 5.26 Å². The van der Waals surface area contributed by atoms with Gasteiger partial charge in [0.25, 0.3) is 5.91 Å². The number of hydrogen-bond acceptors (Lipinski definition) is 6. The summed E-state index contributed by atoms with van der Waals surface area (Å²) in [6.07, 6.45) is -0.580. The number of nitriles is 1. The van der Waals surface area contributed by atoms with Gasteiger partial charge in [0.2, 0.25) is 0 Å². The van der Waals surface area contributed by atoms with Crippen molar-refractivity contribution in [2.45, 2.75) is 57.3 Å². The molecule has 1 heterocycles. The maximum atomic E-state index is 13.0. The minimum absolute atomic E-state index is 0.0936. The quantitative estimate of drug-likeness (QED) is 0.595. The smallest absolute Gasteiger partial charge is 0.408 e. The first-order valence-electron chi connectivity index (χ1n) is 10.3. The molecule has 1 aromatic rings. The van der Waals surface area contributed by atoms with E-state index in [2.05, 4.69) is 16.7 Å². The van der Waals surface area contributed by atoms with E-state index >= 15 is 0 Å². The Bertz CT molecular complexity index is 749. The number of hydrogen-bond donors (Lipinski definition) is 3. The van der Waals surface area contributed by atoms with Gasteiger partial charge in [-0.05, 0) is 31.4 Å². The molecule has 2 rings (SSSR count). The van der Waals surface area contributed by atoms with Gasteiger partial charge < -0.3 is 25.4 Å². The van der Waals surface area contributed by atoms with E-state index in [1.165, 1.54) is 0 Å². The summed E-state index contributed by atoms with van der Waals surface area (Å²) in [5.41, 5.74) is -0.167. The summed E-state index contributed by atoms with van der Waals surface area (Å²) in [7, 11) is 1.88. The van der Waals surface area contributed by atoms with Crippen LogP contribution in [0.5, 0.6) is 0 Å². The van der Waals surface area contributed by atoms with Crippen LogP contribution in [0.15, 0.2) is 30.3 Å². The molecule has 2 unspecified atom stereocenters. The zero-order chi connectivity index (χ0) is 22.1. The van der Waals surface area contributed by atoms with E-state index in [1.54, 1.807) is 0 Å². The first kappa shape index (κ1) is 23.6. The Balaban J connectivity index is 2.01. The van der Waals surface area contributed by atoms with Crippen molar-refractivity contribution in [2.75, 3.05) is 20.2 Å². The van der Waals surface area contributed by atoms with Crippen LogP contribution in [-0.4, -0.2) is 59.9 Å². The fourth-order valence-electron chi connectivity index (χ4n) is 3.55. The number of likely N-dealkylation sites (N-methyl/N-ethyl adjacent to an activating group) is 1. The van der Waals surface area contributed by atoms with E-state index in [-0.39, 0.29) is 18.6 Å². The van der Waals surface area contributed by atoms with E-state index < -0.39 is 23.6 Å². The number of nitrogens with one attached hydrogen (secondary N) is 2. The summed E-state index contributed by atoms with van der Waals surface area (Å²) in [5.74, 6) is -0.371.